The number of nitrogens with one attached hydrogen (secondary N) is 1. The topological polar surface area (TPSA) is 58.6 Å². The van der Waals surface area contributed by atoms with E-state index in [9.17, 15) is 9.59 Å². The number of nitrogens with zero attached hydrogens (tertiary/aromatic N) is 1. The minimum Gasteiger partial charge on any atom is -0.483 e. The van der Waals surface area contributed by atoms with Gasteiger partial charge in [0.15, 0.2) is 6.61 Å². The number of hydrogen-bond donors (Lipinski definition) is 1. The van der Waals surface area contributed by atoms with Crippen molar-refractivity contribution in [2.75, 3.05) is 26.0 Å². The van der Waals surface area contributed by atoms with Crippen LogP contribution in [-0.4, -0.2) is 37.4 Å². The number of benzene rings is 2. The summed E-state index contributed by atoms with van der Waals surface area (Å²) in [5.74, 6) is 0.172. The lowest BCUT2D eigenvalue weighted by molar-refractivity contribution is -0.118. The largest absolute Gasteiger partial charge is 0.483 e. The number of aryl methyl sites for hydroxylation is 1. The maximum atomic E-state index is 12.2. The molecule has 0 saturated heterocycles. The molecule has 0 saturated carbocycles. The van der Waals surface area contributed by atoms with Gasteiger partial charge in [-0.05, 0) is 36.2 Å². The van der Waals surface area contributed by atoms with Crippen molar-refractivity contribution in [1.29, 1.82) is 0 Å². The number of amides is 2. The molecule has 132 valence electrons. The van der Waals surface area contributed by atoms with E-state index in [-0.39, 0.29) is 18.4 Å². The molecule has 25 heavy (non-hydrogen) atoms. The first kappa shape index (κ1) is 18.8. The fourth-order valence-corrected chi connectivity index (χ4v) is 2.44. The third-order valence-corrected chi connectivity index (χ3v) is 3.94. The fraction of sp³-hybridized carbons (Fsp3) is 0.263. The molecule has 0 aliphatic rings. The molecule has 0 aromatic heterocycles. The van der Waals surface area contributed by atoms with Gasteiger partial charge in [-0.15, -0.1) is 0 Å². The quantitative estimate of drug-likeness (QED) is 0.855. The molecule has 0 aliphatic carbocycles. The lowest BCUT2D eigenvalue weighted by Crippen LogP contribution is -2.23. The molecular formula is C19H21ClN2O3. The van der Waals surface area contributed by atoms with E-state index >= 15 is 0 Å². The number of halogens is 1. The Labute approximate surface area is 152 Å². The summed E-state index contributed by atoms with van der Waals surface area (Å²) in [6.45, 7) is 1.88. The Morgan fingerprint density at radius 1 is 1.16 bits per heavy atom. The van der Waals surface area contributed by atoms with Gasteiger partial charge in [0, 0.05) is 19.7 Å². The van der Waals surface area contributed by atoms with Gasteiger partial charge in [-0.1, -0.05) is 36.7 Å². The Morgan fingerprint density at radius 3 is 2.56 bits per heavy atom. The fourth-order valence-electron chi connectivity index (χ4n) is 2.28. The predicted molar refractivity (Wildman–Crippen MR) is 99.4 cm³/mol. The summed E-state index contributed by atoms with van der Waals surface area (Å²) in [6.07, 6.45) is 0.818. The van der Waals surface area contributed by atoms with E-state index in [1.165, 1.54) is 4.90 Å². The first-order valence-electron chi connectivity index (χ1n) is 7.94. The zero-order chi connectivity index (χ0) is 18.4. The normalized spacial score (nSPS) is 10.2. The van der Waals surface area contributed by atoms with Crippen LogP contribution in [0.15, 0.2) is 42.5 Å². The van der Waals surface area contributed by atoms with Crippen molar-refractivity contribution in [3.05, 3.63) is 58.6 Å². The second-order valence-electron chi connectivity index (χ2n) is 5.69. The van der Waals surface area contributed by atoms with Crippen LogP contribution in [-0.2, 0) is 11.2 Å². The van der Waals surface area contributed by atoms with Crippen LogP contribution in [0.25, 0.3) is 0 Å². The highest BCUT2D eigenvalue weighted by atomic mass is 35.5. The summed E-state index contributed by atoms with van der Waals surface area (Å²) in [6, 6.07) is 12.3. The van der Waals surface area contributed by atoms with Gasteiger partial charge in [0.05, 0.1) is 10.7 Å². The second kappa shape index (κ2) is 8.53. The summed E-state index contributed by atoms with van der Waals surface area (Å²) in [4.78, 5) is 25.6. The minimum atomic E-state index is -0.345. The van der Waals surface area contributed by atoms with E-state index < -0.39 is 0 Å². The van der Waals surface area contributed by atoms with E-state index in [1.807, 2.05) is 31.2 Å². The number of anilines is 1. The third kappa shape index (κ3) is 4.97. The molecule has 0 heterocycles. The van der Waals surface area contributed by atoms with Crippen LogP contribution in [0.4, 0.5) is 5.69 Å². The standard InChI is InChI=1S/C19H21ClN2O3/c1-4-13-7-5-6-8-17(13)25-12-18(23)21-16-11-14(9-10-15(16)20)19(24)22(2)3/h5-11H,4,12H2,1-3H3,(H,21,23). The molecule has 0 radical (unpaired) electrons. The molecule has 0 spiro atoms. The third-order valence-electron chi connectivity index (χ3n) is 3.61. The van der Waals surface area contributed by atoms with E-state index in [1.54, 1.807) is 32.3 Å². The molecule has 0 fully saturated rings. The molecule has 0 atom stereocenters. The van der Waals surface area contributed by atoms with Crippen molar-refractivity contribution >= 4 is 29.1 Å². The molecule has 2 amide bonds. The Bertz CT molecular complexity index is 775. The second-order valence-corrected chi connectivity index (χ2v) is 6.10. The highest BCUT2D eigenvalue weighted by Crippen LogP contribution is 2.24. The number of hydrogen-bond acceptors (Lipinski definition) is 3. The molecule has 0 aliphatic heterocycles. The Kier molecular flexibility index (Phi) is 6.42. The molecule has 5 nitrogen and oxygen atoms in total. The van der Waals surface area contributed by atoms with E-state index in [2.05, 4.69) is 5.32 Å². The molecule has 2 aromatic rings. The van der Waals surface area contributed by atoms with Crippen molar-refractivity contribution in [2.45, 2.75) is 13.3 Å². The van der Waals surface area contributed by atoms with Gasteiger partial charge in [0.25, 0.3) is 11.8 Å². The van der Waals surface area contributed by atoms with Crippen LogP contribution >= 0.6 is 11.6 Å². The van der Waals surface area contributed by atoms with Gasteiger partial charge in [0.2, 0.25) is 0 Å². The Balaban J connectivity index is 2.05. The van der Waals surface area contributed by atoms with Crippen molar-refractivity contribution < 1.29 is 14.3 Å². The van der Waals surface area contributed by atoms with E-state index in [4.69, 9.17) is 16.3 Å². The predicted octanol–water partition coefficient (Wildman–Crippen LogP) is 3.62. The molecule has 2 aromatic carbocycles. The lowest BCUT2D eigenvalue weighted by Gasteiger charge is -2.14. The van der Waals surface area contributed by atoms with Crippen molar-refractivity contribution in [3.63, 3.8) is 0 Å². The van der Waals surface area contributed by atoms with Gasteiger partial charge in [-0.3, -0.25) is 9.59 Å². The van der Waals surface area contributed by atoms with Gasteiger partial charge in [0.1, 0.15) is 5.75 Å². The highest BCUT2D eigenvalue weighted by molar-refractivity contribution is 6.33. The molecule has 6 heteroatoms. The SMILES string of the molecule is CCc1ccccc1OCC(=O)Nc1cc(C(=O)N(C)C)ccc1Cl. The van der Waals surface area contributed by atoms with Crippen molar-refractivity contribution in [3.8, 4) is 5.75 Å². The highest BCUT2D eigenvalue weighted by Gasteiger charge is 2.13. The Hall–Kier alpha value is -2.53. The molecule has 0 unspecified atom stereocenters. The maximum Gasteiger partial charge on any atom is 0.262 e. The first-order valence-corrected chi connectivity index (χ1v) is 8.32. The van der Waals surface area contributed by atoms with Crippen LogP contribution in [0.1, 0.15) is 22.8 Å². The number of carbonyl (C=O) groups excluding carboxylic acids is 2. The van der Waals surface area contributed by atoms with Gasteiger partial charge < -0.3 is 15.0 Å². The zero-order valence-corrected chi connectivity index (χ0v) is 15.3. The number of para-hydroxylation sites is 1. The average Bonchev–Trinajstić information content (AvgIpc) is 2.61. The molecule has 1 N–H and O–H groups in total. The number of carbonyl (C=O) groups is 2. The first-order chi connectivity index (χ1) is 11.9. The van der Waals surface area contributed by atoms with Crippen LogP contribution in [0, 0.1) is 0 Å². The minimum absolute atomic E-state index is 0.140. The van der Waals surface area contributed by atoms with Crippen LogP contribution in [0.3, 0.4) is 0 Å². The van der Waals surface area contributed by atoms with E-state index in [0.717, 1.165) is 12.0 Å². The average molecular weight is 361 g/mol. The van der Waals surface area contributed by atoms with Gasteiger partial charge >= 0.3 is 0 Å². The van der Waals surface area contributed by atoms with Gasteiger partial charge in [-0.2, -0.15) is 0 Å². The molecular weight excluding hydrogens is 340 g/mol. The van der Waals surface area contributed by atoms with E-state index in [0.29, 0.717) is 22.0 Å². The van der Waals surface area contributed by atoms with Crippen LogP contribution in [0.2, 0.25) is 5.02 Å². The van der Waals surface area contributed by atoms with Crippen molar-refractivity contribution in [2.24, 2.45) is 0 Å². The Morgan fingerprint density at radius 2 is 1.88 bits per heavy atom. The summed E-state index contributed by atoms with van der Waals surface area (Å²) < 4.78 is 5.59. The number of ether oxygens (including phenoxy) is 1. The molecule has 0 bridgehead atoms. The summed E-state index contributed by atoms with van der Waals surface area (Å²) in [7, 11) is 3.32. The smallest absolute Gasteiger partial charge is 0.262 e. The summed E-state index contributed by atoms with van der Waals surface area (Å²) in [5.41, 5.74) is 1.86. The maximum absolute atomic E-state index is 12.2. The van der Waals surface area contributed by atoms with Crippen LogP contribution in [0.5, 0.6) is 5.75 Å². The van der Waals surface area contributed by atoms with Crippen molar-refractivity contribution in [1.82, 2.24) is 4.90 Å². The number of rotatable bonds is 6. The summed E-state index contributed by atoms with van der Waals surface area (Å²) >= 11 is 6.11. The zero-order valence-electron chi connectivity index (χ0n) is 14.5. The lowest BCUT2D eigenvalue weighted by atomic mass is 10.1. The summed E-state index contributed by atoms with van der Waals surface area (Å²) in [5, 5.41) is 3.04. The molecule has 2 rings (SSSR count). The monoisotopic (exact) mass is 360 g/mol. The van der Waals surface area contributed by atoms with Gasteiger partial charge in [-0.25, -0.2) is 0 Å². The van der Waals surface area contributed by atoms with Crippen LogP contribution < -0.4 is 10.1 Å².